The van der Waals surface area contributed by atoms with Crippen molar-refractivity contribution in [3.05, 3.63) is 60.1 Å². The van der Waals surface area contributed by atoms with Gasteiger partial charge < -0.3 is 9.73 Å². The Hall–Kier alpha value is -1.19. The highest BCUT2D eigenvalue weighted by atomic mass is 32.2. The van der Waals surface area contributed by atoms with E-state index in [1.807, 2.05) is 17.8 Å². The molecule has 2 nitrogen and oxygen atoms in total. The largest absolute Gasteiger partial charge is 0.467 e. The van der Waals surface area contributed by atoms with E-state index in [4.69, 9.17) is 4.42 Å². The molecule has 3 unspecified atom stereocenters. The second kappa shape index (κ2) is 7.19. The Labute approximate surface area is 131 Å². The summed E-state index contributed by atoms with van der Waals surface area (Å²) in [5, 5.41) is 4.63. The first-order valence-corrected chi connectivity index (χ1v) is 9.03. The van der Waals surface area contributed by atoms with Crippen LogP contribution in [0.2, 0.25) is 0 Å². The highest BCUT2D eigenvalue weighted by molar-refractivity contribution is 7.99. The highest BCUT2D eigenvalue weighted by Crippen LogP contribution is 2.30. The van der Waals surface area contributed by atoms with Crippen LogP contribution in [0, 0.1) is 0 Å². The number of benzene rings is 1. The predicted molar refractivity (Wildman–Crippen MR) is 89.7 cm³/mol. The fraction of sp³-hybridized carbons (Fsp3) is 0.444. The van der Waals surface area contributed by atoms with Crippen molar-refractivity contribution >= 4 is 11.8 Å². The lowest BCUT2D eigenvalue weighted by atomic mass is 9.93. The average molecular weight is 301 g/mol. The SMILES string of the molecule is CSC1CCCC(NC(c2ccccc2)c2ccco2)C1. The van der Waals surface area contributed by atoms with Crippen molar-refractivity contribution in [3.63, 3.8) is 0 Å². The third-order valence-electron chi connectivity index (χ3n) is 4.32. The Kier molecular flexibility index (Phi) is 5.04. The lowest BCUT2D eigenvalue weighted by molar-refractivity contribution is 0.338. The quantitative estimate of drug-likeness (QED) is 0.871. The summed E-state index contributed by atoms with van der Waals surface area (Å²) in [7, 11) is 0. The van der Waals surface area contributed by atoms with Gasteiger partial charge in [0.2, 0.25) is 0 Å². The van der Waals surface area contributed by atoms with Gasteiger partial charge in [-0.1, -0.05) is 36.8 Å². The molecule has 3 heteroatoms. The molecule has 0 saturated heterocycles. The summed E-state index contributed by atoms with van der Waals surface area (Å²) < 4.78 is 5.68. The standard InChI is InChI=1S/C18H23NOS/c1-21-16-10-5-9-15(13-16)19-18(17-11-6-12-20-17)14-7-3-2-4-8-14/h2-4,6-8,11-12,15-16,18-19H,5,9-10,13H2,1H3. The maximum atomic E-state index is 5.68. The van der Waals surface area contributed by atoms with E-state index in [9.17, 15) is 0 Å². The fourth-order valence-electron chi connectivity index (χ4n) is 3.19. The number of rotatable bonds is 5. The molecule has 1 aliphatic rings. The van der Waals surface area contributed by atoms with Crippen molar-refractivity contribution in [2.24, 2.45) is 0 Å². The van der Waals surface area contributed by atoms with Crippen LogP contribution < -0.4 is 5.32 Å². The molecular weight excluding hydrogens is 278 g/mol. The second-order valence-electron chi connectivity index (χ2n) is 5.75. The lowest BCUT2D eigenvalue weighted by Crippen LogP contribution is -2.37. The first-order valence-electron chi connectivity index (χ1n) is 7.74. The van der Waals surface area contributed by atoms with Gasteiger partial charge in [-0.05, 0) is 43.2 Å². The van der Waals surface area contributed by atoms with Crippen molar-refractivity contribution in [1.29, 1.82) is 0 Å². The molecule has 0 spiro atoms. The molecule has 0 radical (unpaired) electrons. The molecule has 0 bridgehead atoms. The van der Waals surface area contributed by atoms with Crippen molar-refractivity contribution in [2.75, 3.05) is 6.26 Å². The van der Waals surface area contributed by atoms with Crippen molar-refractivity contribution in [3.8, 4) is 0 Å². The first kappa shape index (κ1) is 14.7. The Balaban J connectivity index is 1.77. The molecule has 112 valence electrons. The van der Waals surface area contributed by atoms with Crippen LogP contribution in [0.3, 0.4) is 0 Å². The zero-order valence-electron chi connectivity index (χ0n) is 12.5. The minimum Gasteiger partial charge on any atom is -0.467 e. The van der Waals surface area contributed by atoms with E-state index in [0.717, 1.165) is 11.0 Å². The molecule has 0 aliphatic heterocycles. The van der Waals surface area contributed by atoms with Crippen LogP contribution in [0.15, 0.2) is 53.1 Å². The summed E-state index contributed by atoms with van der Waals surface area (Å²) in [5.74, 6) is 1.01. The second-order valence-corrected chi connectivity index (χ2v) is 6.89. The Bertz CT molecular complexity index is 525. The summed E-state index contributed by atoms with van der Waals surface area (Å²) in [6.07, 6.45) is 9.19. The van der Waals surface area contributed by atoms with E-state index < -0.39 is 0 Å². The summed E-state index contributed by atoms with van der Waals surface area (Å²) in [6, 6.07) is 15.4. The molecular formula is C18H23NOS. The van der Waals surface area contributed by atoms with E-state index in [1.165, 1.54) is 31.2 Å². The number of nitrogens with one attached hydrogen (secondary N) is 1. The molecule has 3 atom stereocenters. The zero-order valence-corrected chi connectivity index (χ0v) is 13.3. The van der Waals surface area contributed by atoms with Crippen molar-refractivity contribution < 1.29 is 4.42 Å². The maximum absolute atomic E-state index is 5.68. The Morgan fingerprint density at radius 1 is 1.14 bits per heavy atom. The molecule has 1 aliphatic carbocycles. The van der Waals surface area contributed by atoms with E-state index in [1.54, 1.807) is 6.26 Å². The minimum atomic E-state index is 0.159. The van der Waals surface area contributed by atoms with Gasteiger partial charge in [-0.2, -0.15) is 11.8 Å². The number of thioether (sulfide) groups is 1. The molecule has 1 fully saturated rings. The van der Waals surface area contributed by atoms with Crippen LogP contribution in [-0.4, -0.2) is 17.5 Å². The van der Waals surface area contributed by atoms with Crippen LogP contribution in [0.1, 0.15) is 43.0 Å². The molecule has 1 aromatic heterocycles. The summed E-state index contributed by atoms with van der Waals surface area (Å²) >= 11 is 2.01. The van der Waals surface area contributed by atoms with Gasteiger partial charge in [0.15, 0.2) is 0 Å². The molecule has 1 heterocycles. The molecule has 21 heavy (non-hydrogen) atoms. The summed E-state index contributed by atoms with van der Waals surface area (Å²) in [4.78, 5) is 0. The predicted octanol–water partition coefficient (Wildman–Crippen LogP) is 4.63. The lowest BCUT2D eigenvalue weighted by Gasteiger charge is -2.31. The zero-order chi connectivity index (χ0) is 14.5. The first-order chi connectivity index (χ1) is 10.4. The van der Waals surface area contributed by atoms with Crippen LogP contribution in [0.25, 0.3) is 0 Å². The molecule has 1 aromatic carbocycles. The monoisotopic (exact) mass is 301 g/mol. The molecule has 1 saturated carbocycles. The van der Waals surface area contributed by atoms with E-state index >= 15 is 0 Å². The van der Waals surface area contributed by atoms with E-state index in [2.05, 4.69) is 48.0 Å². The highest BCUT2D eigenvalue weighted by Gasteiger charge is 2.25. The van der Waals surface area contributed by atoms with E-state index in [0.29, 0.717) is 6.04 Å². The van der Waals surface area contributed by atoms with Gasteiger partial charge in [-0.25, -0.2) is 0 Å². The number of hydrogen-bond donors (Lipinski definition) is 1. The van der Waals surface area contributed by atoms with Gasteiger partial charge in [0.1, 0.15) is 5.76 Å². The number of hydrogen-bond acceptors (Lipinski definition) is 3. The van der Waals surface area contributed by atoms with Crippen LogP contribution in [0.5, 0.6) is 0 Å². The van der Waals surface area contributed by atoms with Gasteiger partial charge in [0.25, 0.3) is 0 Å². The van der Waals surface area contributed by atoms with E-state index in [-0.39, 0.29) is 6.04 Å². The van der Waals surface area contributed by atoms with Gasteiger partial charge in [-0.3, -0.25) is 0 Å². The maximum Gasteiger partial charge on any atom is 0.125 e. The van der Waals surface area contributed by atoms with Crippen molar-refractivity contribution in [2.45, 2.75) is 43.0 Å². The Morgan fingerprint density at radius 2 is 2.00 bits per heavy atom. The van der Waals surface area contributed by atoms with Crippen LogP contribution >= 0.6 is 11.8 Å². The van der Waals surface area contributed by atoms with Gasteiger partial charge in [-0.15, -0.1) is 0 Å². The Morgan fingerprint density at radius 3 is 2.71 bits per heavy atom. The van der Waals surface area contributed by atoms with Gasteiger partial charge in [0.05, 0.1) is 12.3 Å². The number of furan rings is 1. The molecule has 1 N–H and O–H groups in total. The third kappa shape index (κ3) is 3.72. The van der Waals surface area contributed by atoms with Crippen LogP contribution in [0.4, 0.5) is 0 Å². The normalized spacial score (nSPS) is 23.9. The smallest absolute Gasteiger partial charge is 0.125 e. The average Bonchev–Trinajstić information content (AvgIpc) is 3.08. The summed E-state index contributed by atoms with van der Waals surface area (Å²) in [5.41, 5.74) is 1.28. The van der Waals surface area contributed by atoms with Gasteiger partial charge in [0, 0.05) is 11.3 Å². The molecule has 2 aromatic rings. The fourth-order valence-corrected chi connectivity index (χ4v) is 4.02. The van der Waals surface area contributed by atoms with Crippen LogP contribution in [-0.2, 0) is 0 Å². The molecule has 0 amide bonds. The summed E-state index contributed by atoms with van der Waals surface area (Å²) in [6.45, 7) is 0. The topological polar surface area (TPSA) is 25.2 Å². The molecule has 3 rings (SSSR count). The minimum absolute atomic E-state index is 0.159. The van der Waals surface area contributed by atoms with Gasteiger partial charge >= 0.3 is 0 Å². The van der Waals surface area contributed by atoms with Crippen molar-refractivity contribution in [1.82, 2.24) is 5.32 Å². The third-order valence-corrected chi connectivity index (χ3v) is 5.42.